The monoisotopic (exact) mass is 205 g/mol. The van der Waals surface area contributed by atoms with Crippen LogP contribution in [0.5, 0.6) is 5.75 Å². The quantitative estimate of drug-likeness (QED) is 0.819. The molecule has 1 aliphatic carbocycles. The summed E-state index contributed by atoms with van der Waals surface area (Å²) in [5, 5.41) is 0. The van der Waals surface area contributed by atoms with Crippen molar-refractivity contribution in [1.29, 1.82) is 0 Å². The molecule has 0 bridgehead atoms. The van der Waals surface area contributed by atoms with E-state index in [-0.39, 0.29) is 6.10 Å². The molecule has 0 unspecified atom stereocenters. The van der Waals surface area contributed by atoms with Gasteiger partial charge < -0.3 is 10.5 Å². The van der Waals surface area contributed by atoms with Crippen molar-refractivity contribution >= 4 is 0 Å². The van der Waals surface area contributed by atoms with Gasteiger partial charge in [-0.3, -0.25) is 0 Å². The second-order valence-corrected chi connectivity index (χ2v) is 4.54. The summed E-state index contributed by atoms with van der Waals surface area (Å²) < 4.78 is 5.80. The summed E-state index contributed by atoms with van der Waals surface area (Å²) in [5.41, 5.74) is 7.01. The molecule has 2 rings (SSSR count). The Morgan fingerprint density at radius 1 is 1.40 bits per heavy atom. The van der Waals surface area contributed by atoms with Crippen molar-refractivity contribution in [1.82, 2.24) is 0 Å². The summed E-state index contributed by atoms with van der Waals surface area (Å²) in [7, 11) is 0. The molecule has 0 heterocycles. The second kappa shape index (κ2) is 4.23. The van der Waals surface area contributed by atoms with E-state index < -0.39 is 0 Å². The molecule has 1 aromatic carbocycles. The molecule has 2 heteroatoms. The van der Waals surface area contributed by atoms with E-state index in [2.05, 4.69) is 32.0 Å². The van der Waals surface area contributed by atoms with Crippen molar-refractivity contribution in [2.45, 2.75) is 32.3 Å². The van der Waals surface area contributed by atoms with Crippen LogP contribution in [0.4, 0.5) is 0 Å². The van der Waals surface area contributed by atoms with Gasteiger partial charge in [-0.1, -0.05) is 18.2 Å². The van der Waals surface area contributed by atoms with Crippen LogP contribution in [0, 0.1) is 5.92 Å². The van der Waals surface area contributed by atoms with Crippen molar-refractivity contribution in [2.75, 3.05) is 6.54 Å². The molecule has 2 N–H and O–H groups in total. The van der Waals surface area contributed by atoms with E-state index >= 15 is 0 Å². The lowest BCUT2D eigenvalue weighted by Crippen LogP contribution is -2.08. The molecule has 0 spiro atoms. The Labute approximate surface area is 91.4 Å². The van der Waals surface area contributed by atoms with Crippen LogP contribution < -0.4 is 10.5 Å². The lowest BCUT2D eigenvalue weighted by molar-refractivity contribution is 0.240. The number of nitrogens with two attached hydrogens (primary N) is 1. The maximum atomic E-state index is 5.80. The minimum atomic E-state index is 0.237. The first kappa shape index (κ1) is 10.5. The van der Waals surface area contributed by atoms with Gasteiger partial charge in [-0.05, 0) is 50.3 Å². The maximum absolute atomic E-state index is 5.80. The highest BCUT2D eigenvalue weighted by atomic mass is 16.5. The summed E-state index contributed by atoms with van der Waals surface area (Å²) in [4.78, 5) is 0. The normalized spacial score (nSPS) is 24.3. The van der Waals surface area contributed by atoms with E-state index in [1.54, 1.807) is 0 Å². The first-order chi connectivity index (χ1) is 7.22. The Kier molecular flexibility index (Phi) is 2.96. The highest BCUT2D eigenvalue weighted by Crippen LogP contribution is 2.49. The Hall–Kier alpha value is -1.02. The minimum absolute atomic E-state index is 0.237. The van der Waals surface area contributed by atoms with Crippen LogP contribution in [0.2, 0.25) is 0 Å². The van der Waals surface area contributed by atoms with Gasteiger partial charge in [0.05, 0.1) is 6.10 Å². The molecule has 0 radical (unpaired) electrons. The third-order valence-corrected chi connectivity index (χ3v) is 2.91. The van der Waals surface area contributed by atoms with Crippen LogP contribution in [0.3, 0.4) is 0 Å². The predicted octanol–water partition coefficient (Wildman–Crippen LogP) is 2.54. The molecule has 82 valence electrons. The Balaban J connectivity index is 2.16. The van der Waals surface area contributed by atoms with Crippen LogP contribution in [0.25, 0.3) is 0 Å². The largest absolute Gasteiger partial charge is 0.491 e. The summed E-state index contributed by atoms with van der Waals surface area (Å²) in [5.74, 6) is 2.33. The molecule has 1 fully saturated rings. The van der Waals surface area contributed by atoms with Gasteiger partial charge in [0.2, 0.25) is 0 Å². The number of rotatable bonds is 4. The lowest BCUT2D eigenvalue weighted by atomic mass is 10.1. The van der Waals surface area contributed by atoms with E-state index in [4.69, 9.17) is 10.5 Å². The molecule has 0 aliphatic heterocycles. The number of hydrogen-bond donors (Lipinski definition) is 1. The van der Waals surface area contributed by atoms with E-state index in [0.29, 0.717) is 11.8 Å². The van der Waals surface area contributed by atoms with Gasteiger partial charge in [0.15, 0.2) is 0 Å². The fraction of sp³-hybridized carbons (Fsp3) is 0.538. The zero-order chi connectivity index (χ0) is 10.8. The molecule has 0 aromatic heterocycles. The van der Waals surface area contributed by atoms with Gasteiger partial charge in [-0.25, -0.2) is 0 Å². The standard InChI is InChI=1S/C13H19NO/c1-9(2)15-13-6-4-3-5-11(13)12-7-10(12)8-14/h3-6,9-10,12H,7-8,14H2,1-2H3/t10-,12+/m0/s1. The van der Waals surface area contributed by atoms with E-state index in [0.717, 1.165) is 12.3 Å². The average molecular weight is 205 g/mol. The molecule has 1 aliphatic rings. The SMILES string of the molecule is CC(C)Oc1ccccc1[C@@H]1C[C@H]1CN. The zero-order valence-corrected chi connectivity index (χ0v) is 9.44. The van der Waals surface area contributed by atoms with Crippen molar-refractivity contribution < 1.29 is 4.74 Å². The summed E-state index contributed by atoms with van der Waals surface area (Å²) >= 11 is 0. The third-order valence-electron chi connectivity index (χ3n) is 2.91. The minimum Gasteiger partial charge on any atom is -0.491 e. The highest BCUT2D eigenvalue weighted by Gasteiger charge is 2.38. The van der Waals surface area contributed by atoms with Gasteiger partial charge in [0, 0.05) is 0 Å². The first-order valence-electron chi connectivity index (χ1n) is 5.68. The molecule has 0 amide bonds. The van der Waals surface area contributed by atoms with Gasteiger partial charge in [-0.2, -0.15) is 0 Å². The van der Waals surface area contributed by atoms with Crippen molar-refractivity contribution in [3.63, 3.8) is 0 Å². The van der Waals surface area contributed by atoms with Crippen molar-refractivity contribution in [3.8, 4) is 5.75 Å². The Morgan fingerprint density at radius 2 is 2.13 bits per heavy atom. The fourth-order valence-electron chi connectivity index (χ4n) is 2.04. The molecule has 0 saturated heterocycles. The van der Waals surface area contributed by atoms with E-state index in [9.17, 15) is 0 Å². The Bertz CT molecular complexity index is 335. The number of ether oxygens (including phenoxy) is 1. The maximum Gasteiger partial charge on any atom is 0.123 e. The van der Waals surface area contributed by atoms with Crippen molar-refractivity contribution in [3.05, 3.63) is 29.8 Å². The topological polar surface area (TPSA) is 35.2 Å². The first-order valence-corrected chi connectivity index (χ1v) is 5.68. The fourth-order valence-corrected chi connectivity index (χ4v) is 2.04. The number of benzene rings is 1. The summed E-state index contributed by atoms with van der Waals surface area (Å²) in [6.07, 6.45) is 1.45. The smallest absolute Gasteiger partial charge is 0.123 e. The third kappa shape index (κ3) is 2.32. The molecule has 15 heavy (non-hydrogen) atoms. The number of hydrogen-bond acceptors (Lipinski definition) is 2. The van der Waals surface area contributed by atoms with Crippen LogP contribution in [-0.2, 0) is 0 Å². The molecule has 1 saturated carbocycles. The molecule has 2 atom stereocenters. The van der Waals surface area contributed by atoms with Crippen LogP contribution in [0.1, 0.15) is 31.7 Å². The highest BCUT2D eigenvalue weighted by molar-refractivity contribution is 5.39. The van der Waals surface area contributed by atoms with Gasteiger partial charge in [0.25, 0.3) is 0 Å². The number of para-hydroxylation sites is 1. The Morgan fingerprint density at radius 3 is 2.73 bits per heavy atom. The lowest BCUT2D eigenvalue weighted by Gasteiger charge is -2.13. The summed E-state index contributed by atoms with van der Waals surface area (Å²) in [6, 6.07) is 8.33. The van der Waals surface area contributed by atoms with Gasteiger partial charge >= 0.3 is 0 Å². The average Bonchev–Trinajstić information content (AvgIpc) is 2.97. The van der Waals surface area contributed by atoms with Gasteiger partial charge in [-0.15, -0.1) is 0 Å². The van der Waals surface area contributed by atoms with Crippen molar-refractivity contribution in [2.24, 2.45) is 11.7 Å². The molecular formula is C13H19NO. The summed E-state index contributed by atoms with van der Waals surface area (Å²) in [6.45, 7) is 4.91. The predicted molar refractivity (Wildman–Crippen MR) is 62.1 cm³/mol. The van der Waals surface area contributed by atoms with Gasteiger partial charge in [0.1, 0.15) is 5.75 Å². The van der Waals surface area contributed by atoms with E-state index in [1.165, 1.54) is 12.0 Å². The second-order valence-electron chi connectivity index (χ2n) is 4.54. The molecule has 1 aromatic rings. The van der Waals surface area contributed by atoms with Crippen LogP contribution in [-0.4, -0.2) is 12.6 Å². The van der Waals surface area contributed by atoms with Crippen LogP contribution in [0.15, 0.2) is 24.3 Å². The molecular weight excluding hydrogens is 186 g/mol. The zero-order valence-electron chi connectivity index (χ0n) is 9.44. The van der Waals surface area contributed by atoms with E-state index in [1.807, 2.05) is 6.07 Å². The van der Waals surface area contributed by atoms with Crippen LogP contribution >= 0.6 is 0 Å². The molecule has 2 nitrogen and oxygen atoms in total.